The molecule has 2 bridgehead atoms. The Balaban J connectivity index is 1.29. The number of aromatic amines is 1. The number of halogens is 1. The Morgan fingerprint density at radius 2 is 1.91 bits per heavy atom. The van der Waals surface area contributed by atoms with E-state index in [0.29, 0.717) is 30.6 Å². The van der Waals surface area contributed by atoms with Gasteiger partial charge in [0.15, 0.2) is 0 Å². The summed E-state index contributed by atoms with van der Waals surface area (Å²) in [6.07, 6.45) is 1.05. The van der Waals surface area contributed by atoms with Gasteiger partial charge in [-0.2, -0.15) is 0 Å². The van der Waals surface area contributed by atoms with Gasteiger partial charge in [0.25, 0.3) is 5.56 Å². The first-order valence-corrected chi connectivity index (χ1v) is 11.5. The minimum Gasteiger partial charge on any atom is -0.355 e. The third-order valence-electron chi connectivity index (χ3n) is 7.25. The summed E-state index contributed by atoms with van der Waals surface area (Å²) < 4.78 is 1.90. The average Bonchev–Trinajstić information content (AvgIpc) is 3.15. The van der Waals surface area contributed by atoms with Crippen LogP contribution in [0, 0.1) is 5.92 Å². The van der Waals surface area contributed by atoms with Gasteiger partial charge in [0.2, 0.25) is 5.91 Å². The highest BCUT2D eigenvalue weighted by Crippen LogP contribution is 2.36. The van der Waals surface area contributed by atoms with Crippen LogP contribution < -0.4 is 5.56 Å². The molecular weight excluding hydrogens is 422 g/mol. The van der Waals surface area contributed by atoms with E-state index in [9.17, 15) is 9.59 Å². The molecule has 1 fully saturated rings. The molecule has 5 nitrogen and oxygen atoms in total. The number of fused-ring (bicyclic) bond motifs is 7. The summed E-state index contributed by atoms with van der Waals surface area (Å²) >= 11 is 6.18. The molecule has 0 aliphatic carbocycles. The van der Waals surface area contributed by atoms with Crippen molar-refractivity contribution in [2.24, 2.45) is 5.92 Å². The van der Waals surface area contributed by atoms with Gasteiger partial charge in [0, 0.05) is 64.1 Å². The lowest BCUT2D eigenvalue weighted by Gasteiger charge is -2.43. The molecule has 3 unspecified atom stereocenters. The highest BCUT2D eigenvalue weighted by atomic mass is 35.5. The molecule has 1 N–H and O–H groups in total. The van der Waals surface area contributed by atoms with Gasteiger partial charge in [0.05, 0.1) is 5.92 Å². The molecule has 6 heteroatoms. The second kappa shape index (κ2) is 7.24. The number of benzene rings is 2. The number of carbonyl (C=O) groups is 1. The van der Waals surface area contributed by atoms with E-state index in [1.165, 1.54) is 0 Å². The number of rotatable bonds is 2. The molecule has 162 valence electrons. The van der Waals surface area contributed by atoms with E-state index in [4.69, 9.17) is 11.6 Å². The van der Waals surface area contributed by atoms with E-state index < -0.39 is 0 Å². The number of hydrogen-bond donors (Lipinski definition) is 1. The summed E-state index contributed by atoms with van der Waals surface area (Å²) in [7, 11) is 0. The van der Waals surface area contributed by atoms with E-state index in [1.54, 1.807) is 6.07 Å². The lowest BCUT2D eigenvalue weighted by molar-refractivity contribution is -0.135. The lowest BCUT2D eigenvalue weighted by atomic mass is 9.82. The van der Waals surface area contributed by atoms with Gasteiger partial charge in [-0.1, -0.05) is 29.8 Å². The quantitative estimate of drug-likeness (QED) is 0.477. The van der Waals surface area contributed by atoms with E-state index in [2.05, 4.69) is 23.2 Å². The summed E-state index contributed by atoms with van der Waals surface area (Å²) in [6, 6.07) is 17.6. The van der Waals surface area contributed by atoms with E-state index in [1.807, 2.05) is 46.7 Å². The average molecular weight is 446 g/mol. The first-order valence-electron chi connectivity index (χ1n) is 11.2. The number of carbonyl (C=O) groups excluding carboxylic acids is 1. The summed E-state index contributed by atoms with van der Waals surface area (Å²) in [5.41, 5.74) is 4.20. The van der Waals surface area contributed by atoms with Gasteiger partial charge >= 0.3 is 0 Å². The zero-order chi connectivity index (χ0) is 22.0. The Kier molecular flexibility index (Phi) is 4.44. The van der Waals surface area contributed by atoms with E-state index >= 15 is 0 Å². The van der Waals surface area contributed by atoms with Crippen molar-refractivity contribution >= 4 is 39.3 Å². The normalized spacial score (nSPS) is 21.0. The molecule has 6 rings (SSSR count). The molecule has 2 aromatic carbocycles. The minimum atomic E-state index is -0.230. The maximum atomic E-state index is 13.5. The predicted molar refractivity (Wildman–Crippen MR) is 127 cm³/mol. The van der Waals surface area contributed by atoms with Crippen molar-refractivity contribution in [2.45, 2.75) is 31.7 Å². The van der Waals surface area contributed by atoms with Gasteiger partial charge in [-0.3, -0.25) is 9.59 Å². The molecule has 0 saturated carbocycles. The maximum Gasteiger partial charge on any atom is 0.250 e. The van der Waals surface area contributed by atoms with Gasteiger partial charge in [-0.05, 0) is 55.2 Å². The van der Waals surface area contributed by atoms with Crippen LogP contribution in [-0.2, 0) is 11.3 Å². The Hall–Kier alpha value is -3.05. The Morgan fingerprint density at radius 1 is 1.03 bits per heavy atom. The number of pyridine rings is 1. The lowest BCUT2D eigenvalue weighted by Crippen LogP contribution is -2.50. The van der Waals surface area contributed by atoms with Crippen LogP contribution in [0.5, 0.6) is 0 Å². The predicted octanol–water partition coefficient (Wildman–Crippen LogP) is 4.89. The van der Waals surface area contributed by atoms with Crippen LogP contribution in [0.4, 0.5) is 0 Å². The fraction of sp³-hybridized carbons (Fsp3) is 0.308. The molecular formula is C26H24ClN3O2. The van der Waals surface area contributed by atoms with Crippen molar-refractivity contribution in [1.29, 1.82) is 0 Å². The third-order valence-corrected chi connectivity index (χ3v) is 7.48. The van der Waals surface area contributed by atoms with Crippen LogP contribution in [0.15, 0.2) is 59.4 Å². The molecule has 32 heavy (non-hydrogen) atoms. The van der Waals surface area contributed by atoms with Gasteiger partial charge in [-0.25, -0.2) is 0 Å². The van der Waals surface area contributed by atoms with Crippen LogP contribution >= 0.6 is 11.6 Å². The highest BCUT2D eigenvalue weighted by Gasteiger charge is 2.37. The largest absolute Gasteiger partial charge is 0.355 e. The molecule has 4 heterocycles. The smallest absolute Gasteiger partial charge is 0.250 e. The molecule has 0 spiro atoms. The number of piperidine rings is 1. The Bertz CT molecular complexity index is 1440. The number of nitrogens with zero attached hydrogens (tertiary/aromatic N) is 2. The molecule has 1 amide bonds. The van der Waals surface area contributed by atoms with Crippen molar-refractivity contribution in [1.82, 2.24) is 14.5 Å². The molecule has 4 aromatic rings. The minimum absolute atomic E-state index is 0.0678. The van der Waals surface area contributed by atoms with Crippen LogP contribution in [-0.4, -0.2) is 33.4 Å². The fourth-order valence-corrected chi connectivity index (χ4v) is 5.83. The van der Waals surface area contributed by atoms with Crippen LogP contribution in [0.2, 0.25) is 5.02 Å². The van der Waals surface area contributed by atoms with E-state index in [0.717, 1.165) is 39.5 Å². The van der Waals surface area contributed by atoms with Gasteiger partial charge in [-0.15, -0.1) is 0 Å². The van der Waals surface area contributed by atoms with Crippen molar-refractivity contribution < 1.29 is 4.79 Å². The number of nitrogens with one attached hydrogen (secondary N) is 1. The number of aromatic nitrogens is 2. The fourth-order valence-electron chi connectivity index (χ4n) is 5.66. The standard InChI is InChI=1S/C26H24ClN3O2/c1-15(17-5-7-20-21-11-19(27)6-8-22(21)28-23(20)10-17)26(32)29-12-16-9-18(14-29)24-3-2-4-25(31)30(24)13-16/h2-8,10-11,15-16,18,28H,9,12-14H2,1H3. The second-order valence-electron chi connectivity index (χ2n) is 9.28. The topological polar surface area (TPSA) is 58.1 Å². The Morgan fingerprint density at radius 3 is 2.78 bits per heavy atom. The maximum absolute atomic E-state index is 13.5. The summed E-state index contributed by atoms with van der Waals surface area (Å²) in [5.74, 6) is 0.489. The number of amides is 1. The van der Waals surface area contributed by atoms with Crippen molar-refractivity contribution in [3.8, 4) is 0 Å². The SMILES string of the molecule is CC(C(=O)N1CC2CC(C1)c1cccc(=O)n1C2)c1ccc2c(c1)[nH]c1ccc(Cl)cc12. The monoisotopic (exact) mass is 445 g/mol. The second-order valence-corrected chi connectivity index (χ2v) is 9.72. The molecule has 2 aromatic heterocycles. The van der Waals surface area contributed by atoms with Crippen LogP contribution in [0.3, 0.4) is 0 Å². The van der Waals surface area contributed by atoms with E-state index in [-0.39, 0.29) is 23.3 Å². The first-order chi connectivity index (χ1) is 15.5. The molecule has 2 aliphatic heterocycles. The summed E-state index contributed by atoms with van der Waals surface area (Å²) in [4.78, 5) is 31.2. The molecule has 3 atom stereocenters. The molecule has 0 radical (unpaired) electrons. The molecule has 1 saturated heterocycles. The number of H-pyrrole nitrogens is 1. The third kappa shape index (κ3) is 3.06. The van der Waals surface area contributed by atoms with Crippen molar-refractivity contribution in [2.75, 3.05) is 13.1 Å². The van der Waals surface area contributed by atoms with Crippen LogP contribution in [0.25, 0.3) is 21.8 Å². The van der Waals surface area contributed by atoms with Gasteiger partial charge in [0.1, 0.15) is 0 Å². The van der Waals surface area contributed by atoms with Gasteiger partial charge < -0.3 is 14.5 Å². The molecule has 2 aliphatic rings. The zero-order valence-corrected chi connectivity index (χ0v) is 18.6. The highest BCUT2D eigenvalue weighted by molar-refractivity contribution is 6.31. The summed E-state index contributed by atoms with van der Waals surface area (Å²) in [5, 5.41) is 2.92. The van der Waals surface area contributed by atoms with Crippen molar-refractivity contribution in [3.63, 3.8) is 0 Å². The number of likely N-dealkylation sites (tertiary alicyclic amines) is 1. The van der Waals surface area contributed by atoms with Crippen LogP contribution in [0.1, 0.15) is 36.4 Å². The summed E-state index contributed by atoms with van der Waals surface area (Å²) in [6.45, 7) is 4.09. The van der Waals surface area contributed by atoms with Crippen molar-refractivity contribution in [3.05, 3.63) is 81.2 Å². The number of hydrogen-bond acceptors (Lipinski definition) is 2. The zero-order valence-electron chi connectivity index (χ0n) is 17.8. The first kappa shape index (κ1) is 19.6. The Labute approximate surface area is 190 Å².